The zero-order chi connectivity index (χ0) is 23.7. The maximum Gasteiger partial charge on any atom is 0.274 e. The van der Waals surface area contributed by atoms with E-state index in [9.17, 15) is 4.79 Å². The second-order valence-corrected chi connectivity index (χ2v) is 9.32. The Morgan fingerprint density at radius 1 is 1.12 bits per heavy atom. The number of methoxy groups -OCH3 is 1. The smallest absolute Gasteiger partial charge is 0.274 e. The van der Waals surface area contributed by atoms with Crippen molar-refractivity contribution in [3.8, 4) is 11.3 Å². The van der Waals surface area contributed by atoms with Gasteiger partial charge in [0.2, 0.25) is 0 Å². The molecule has 0 atom stereocenters. The number of amides is 1. The summed E-state index contributed by atoms with van der Waals surface area (Å²) in [5.74, 6) is 1.45. The lowest BCUT2D eigenvalue weighted by Gasteiger charge is -2.24. The Morgan fingerprint density at radius 2 is 1.94 bits per heavy atom. The van der Waals surface area contributed by atoms with Crippen molar-refractivity contribution in [3.63, 3.8) is 0 Å². The Kier molecular flexibility index (Phi) is 6.14. The molecule has 3 aliphatic rings. The number of aliphatic imine (C=N–C) groups is 1. The van der Waals surface area contributed by atoms with E-state index in [-0.39, 0.29) is 5.91 Å². The van der Waals surface area contributed by atoms with Crippen molar-refractivity contribution in [1.82, 2.24) is 14.9 Å². The van der Waals surface area contributed by atoms with Crippen LogP contribution >= 0.6 is 0 Å². The molecule has 2 aromatic rings. The van der Waals surface area contributed by atoms with E-state index < -0.39 is 0 Å². The summed E-state index contributed by atoms with van der Waals surface area (Å²) in [7, 11) is 1.69. The van der Waals surface area contributed by atoms with Crippen LogP contribution in [0, 0.1) is 19.8 Å². The first-order valence-corrected chi connectivity index (χ1v) is 11.9. The van der Waals surface area contributed by atoms with Crippen LogP contribution in [0.1, 0.15) is 47.3 Å². The number of fused-ring (bicyclic) bond motifs is 1. The number of hydrogen-bond donors (Lipinski definition) is 0. The molecule has 6 nitrogen and oxygen atoms in total. The number of aromatic nitrogens is 2. The average molecular weight is 455 g/mol. The van der Waals surface area contributed by atoms with Gasteiger partial charge >= 0.3 is 0 Å². The minimum atomic E-state index is -0.0489. The van der Waals surface area contributed by atoms with Gasteiger partial charge < -0.3 is 9.64 Å². The quantitative estimate of drug-likeness (QED) is 0.550. The molecule has 2 aliphatic carbocycles. The number of benzene rings is 1. The third kappa shape index (κ3) is 4.58. The monoisotopic (exact) mass is 454 g/mol. The van der Waals surface area contributed by atoms with Crippen LogP contribution in [0.15, 0.2) is 70.8 Å². The van der Waals surface area contributed by atoms with Gasteiger partial charge in [0.05, 0.1) is 12.8 Å². The summed E-state index contributed by atoms with van der Waals surface area (Å²) in [4.78, 5) is 29.4. The highest BCUT2D eigenvalue weighted by molar-refractivity contribution is 6.08. The highest BCUT2D eigenvalue weighted by Gasteiger charge is 2.30. The molecule has 0 bridgehead atoms. The second-order valence-electron chi connectivity index (χ2n) is 9.32. The molecule has 0 N–H and O–H groups in total. The third-order valence-electron chi connectivity index (χ3n) is 6.87. The van der Waals surface area contributed by atoms with Gasteiger partial charge in [-0.3, -0.25) is 14.8 Å². The largest absolute Gasteiger partial charge is 0.501 e. The number of aryl methyl sites for hydroxylation is 2. The van der Waals surface area contributed by atoms with Gasteiger partial charge in [-0.15, -0.1) is 0 Å². The minimum absolute atomic E-state index is 0.0489. The Labute approximate surface area is 200 Å². The van der Waals surface area contributed by atoms with Crippen molar-refractivity contribution in [1.29, 1.82) is 0 Å². The summed E-state index contributed by atoms with van der Waals surface area (Å²) in [6.07, 6.45) is 13.1. The Morgan fingerprint density at radius 3 is 2.71 bits per heavy atom. The maximum atomic E-state index is 13.8. The molecule has 0 radical (unpaired) electrons. The van der Waals surface area contributed by atoms with Crippen LogP contribution in [-0.4, -0.2) is 46.7 Å². The molecule has 1 amide bonds. The molecule has 1 aromatic carbocycles. The van der Waals surface area contributed by atoms with Gasteiger partial charge in [0, 0.05) is 49.2 Å². The minimum Gasteiger partial charge on any atom is -0.501 e. The highest BCUT2D eigenvalue weighted by Crippen LogP contribution is 2.33. The standard InChI is InChI=1S/C28H30N4O2/c1-18-4-7-21(14-19(18)2)26-27(30-12-11-29-26)28(33)32(17-20-5-6-20)13-10-22-16-31-25-15-23(34-3)8-9-24(22)25/h4,7-9,11-12,14,16,20H,5-6,10,13,15,17H2,1-3H3. The number of carbonyl (C=O) groups excluding carboxylic acids is 1. The maximum absolute atomic E-state index is 13.8. The molecule has 1 aliphatic heterocycles. The lowest BCUT2D eigenvalue weighted by atomic mass is 9.95. The topological polar surface area (TPSA) is 67.7 Å². The van der Waals surface area contributed by atoms with E-state index in [1.54, 1.807) is 19.5 Å². The van der Waals surface area contributed by atoms with Crippen molar-refractivity contribution in [2.75, 3.05) is 20.2 Å². The lowest BCUT2D eigenvalue weighted by molar-refractivity contribution is 0.0744. The van der Waals surface area contributed by atoms with E-state index in [4.69, 9.17) is 4.74 Å². The number of allylic oxidation sites excluding steroid dienone is 4. The molecule has 2 heterocycles. The number of carbonyl (C=O) groups is 1. The van der Waals surface area contributed by atoms with Gasteiger partial charge in [-0.05, 0) is 73.9 Å². The number of rotatable bonds is 8. The van der Waals surface area contributed by atoms with Crippen LogP contribution in [0.5, 0.6) is 0 Å². The highest BCUT2D eigenvalue weighted by atomic mass is 16.5. The normalized spacial score (nSPS) is 16.8. The summed E-state index contributed by atoms with van der Waals surface area (Å²) in [5.41, 5.74) is 7.76. The molecular formula is C28H30N4O2. The number of nitrogens with zero attached hydrogens (tertiary/aromatic N) is 4. The summed E-state index contributed by atoms with van der Waals surface area (Å²) >= 11 is 0. The fourth-order valence-corrected chi connectivity index (χ4v) is 4.45. The predicted molar refractivity (Wildman–Crippen MR) is 133 cm³/mol. The van der Waals surface area contributed by atoms with Crippen molar-refractivity contribution in [2.45, 2.75) is 39.5 Å². The van der Waals surface area contributed by atoms with E-state index in [1.807, 2.05) is 23.2 Å². The molecule has 1 aromatic heterocycles. The van der Waals surface area contributed by atoms with Crippen LogP contribution in [0.4, 0.5) is 0 Å². The van der Waals surface area contributed by atoms with Crippen LogP contribution in [-0.2, 0) is 4.74 Å². The first-order valence-electron chi connectivity index (χ1n) is 11.9. The number of ether oxygens (including phenoxy) is 1. The molecule has 34 heavy (non-hydrogen) atoms. The van der Waals surface area contributed by atoms with Crippen LogP contribution in [0.25, 0.3) is 11.3 Å². The van der Waals surface area contributed by atoms with Crippen molar-refractivity contribution < 1.29 is 9.53 Å². The second kappa shape index (κ2) is 9.37. The van der Waals surface area contributed by atoms with Gasteiger partial charge in [-0.2, -0.15) is 0 Å². The van der Waals surface area contributed by atoms with E-state index in [1.165, 1.54) is 29.5 Å². The van der Waals surface area contributed by atoms with E-state index in [2.05, 4.69) is 47.0 Å². The molecule has 0 unspecified atom stereocenters. The first kappa shape index (κ1) is 22.3. The number of hydrogen-bond acceptors (Lipinski definition) is 5. The zero-order valence-electron chi connectivity index (χ0n) is 20.0. The molecule has 0 spiro atoms. The zero-order valence-corrected chi connectivity index (χ0v) is 20.0. The van der Waals surface area contributed by atoms with Gasteiger partial charge in [0.15, 0.2) is 5.69 Å². The van der Waals surface area contributed by atoms with Gasteiger partial charge in [-0.25, -0.2) is 4.98 Å². The Balaban J connectivity index is 1.37. The SMILES string of the molecule is COC1=CC=C2C(CCN(CC3CC3)C(=O)c3nccnc3-c3ccc(C)c(C)c3)=CN=C2C1. The van der Waals surface area contributed by atoms with Crippen LogP contribution < -0.4 is 0 Å². The van der Waals surface area contributed by atoms with Crippen LogP contribution in [0.2, 0.25) is 0 Å². The van der Waals surface area contributed by atoms with Gasteiger partial charge in [-0.1, -0.05) is 12.1 Å². The summed E-state index contributed by atoms with van der Waals surface area (Å²) < 4.78 is 5.37. The molecule has 174 valence electrons. The summed E-state index contributed by atoms with van der Waals surface area (Å²) in [6, 6.07) is 6.18. The lowest BCUT2D eigenvalue weighted by Crippen LogP contribution is -2.35. The van der Waals surface area contributed by atoms with Crippen LogP contribution in [0.3, 0.4) is 0 Å². The molecule has 6 heteroatoms. The van der Waals surface area contributed by atoms with E-state index >= 15 is 0 Å². The average Bonchev–Trinajstić information content (AvgIpc) is 3.60. The third-order valence-corrected chi connectivity index (χ3v) is 6.87. The fraction of sp³-hybridized carbons (Fsp3) is 0.357. The Bertz CT molecular complexity index is 1250. The molecule has 1 fully saturated rings. The molecule has 0 saturated heterocycles. The first-order chi connectivity index (χ1) is 16.5. The van der Waals surface area contributed by atoms with Gasteiger partial charge in [0.1, 0.15) is 11.5 Å². The summed E-state index contributed by atoms with van der Waals surface area (Å²) in [5, 5.41) is 0. The fourth-order valence-electron chi connectivity index (χ4n) is 4.45. The van der Waals surface area contributed by atoms with Crippen molar-refractivity contribution in [3.05, 3.63) is 82.7 Å². The molecule has 5 rings (SSSR count). The van der Waals surface area contributed by atoms with Crippen molar-refractivity contribution >= 4 is 11.6 Å². The van der Waals surface area contributed by atoms with E-state index in [0.717, 1.165) is 35.6 Å². The Hall–Kier alpha value is -3.54. The molecule has 1 saturated carbocycles. The van der Waals surface area contributed by atoms with Crippen molar-refractivity contribution in [2.24, 2.45) is 10.9 Å². The van der Waals surface area contributed by atoms with E-state index in [0.29, 0.717) is 30.3 Å². The van der Waals surface area contributed by atoms with Gasteiger partial charge in [0.25, 0.3) is 5.91 Å². The predicted octanol–water partition coefficient (Wildman–Crippen LogP) is 5.20. The summed E-state index contributed by atoms with van der Waals surface area (Å²) in [6.45, 7) is 5.55. The molecular weight excluding hydrogens is 424 g/mol.